The first-order valence-electron chi connectivity index (χ1n) is 7.70. The number of halogens is 1. The van der Waals surface area contributed by atoms with Crippen LogP contribution in [-0.4, -0.2) is 16.7 Å². The number of unbranched alkanes of at least 4 members (excludes halogenated alkanes) is 1. The monoisotopic (exact) mass is 314 g/mol. The summed E-state index contributed by atoms with van der Waals surface area (Å²) < 4.78 is 20.6. The summed E-state index contributed by atoms with van der Waals surface area (Å²) >= 11 is 0. The number of ether oxygens (including phenoxy) is 1. The van der Waals surface area contributed by atoms with Crippen LogP contribution in [0.25, 0.3) is 22.2 Å². The third-order valence-corrected chi connectivity index (χ3v) is 3.98. The van der Waals surface area contributed by atoms with E-state index in [1.54, 1.807) is 17.7 Å². The van der Waals surface area contributed by atoms with Crippen LogP contribution in [-0.2, 0) is 6.54 Å². The van der Waals surface area contributed by atoms with Crippen LogP contribution in [0.5, 0.6) is 5.75 Å². The van der Waals surface area contributed by atoms with E-state index in [0.29, 0.717) is 17.9 Å². The summed E-state index contributed by atoms with van der Waals surface area (Å²) in [6.07, 6.45) is 1.98. The maximum absolute atomic E-state index is 13.6. The summed E-state index contributed by atoms with van der Waals surface area (Å²) in [5.41, 5.74) is 2.96. The summed E-state index contributed by atoms with van der Waals surface area (Å²) in [6, 6.07) is 10.0. The van der Waals surface area contributed by atoms with Gasteiger partial charge in [0, 0.05) is 12.1 Å². The van der Waals surface area contributed by atoms with Crippen LogP contribution in [0.2, 0.25) is 0 Å². The molecule has 0 unspecified atom stereocenters. The standard InChI is InChI=1S/C18H19FN2O2/c1-3-4-9-21-16-7-5-12(10-15(16)20-18(21)22)14-11-13(19)6-8-17(14)23-2/h5-8,10-11H,3-4,9H2,1-2H3,(H,20,22). The highest BCUT2D eigenvalue weighted by molar-refractivity contribution is 5.83. The van der Waals surface area contributed by atoms with Crippen molar-refractivity contribution in [2.24, 2.45) is 0 Å². The molecule has 120 valence electrons. The van der Waals surface area contributed by atoms with Gasteiger partial charge in [-0.1, -0.05) is 19.4 Å². The zero-order valence-electron chi connectivity index (χ0n) is 13.2. The van der Waals surface area contributed by atoms with Crippen molar-refractivity contribution < 1.29 is 9.13 Å². The highest BCUT2D eigenvalue weighted by Gasteiger charge is 2.11. The first-order chi connectivity index (χ1) is 11.1. The Morgan fingerprint density at radius 1 is 1.22 bits per heavy atom. The van der Waals surface area contributed by atoms with E-state index in [1.165, 1.54) is 12.1 Å². The van der Waals surface area contributed by atoms with Crippen LogP contribution in [0.15, 0.2) is 41.2 Å². The summed E-state index contributed by atoms with van der Waals surface area (Å²) in [5.74, 6) is 0.272. The van der Waals surface area contributed by atoms with E-state index >= 15 is 0 Å². The molecule has 0 radical (unpaired) electrons. The number of fused-ring (bicyclic) bond motifs is 1. The molecule has 3 rings (SSSR count). The number of H-pyrrole nitrogens is 1. The molecule has 0 aliphatic rings. The molecule has 0 saturated carbocycles. The lowest BCUT2D eigenvalue weighted by Crippen LogP contribution is -2.16. The van der Waals surface area contributed by atoms with E-state index in [9.17, 15) is 9.18 Å². The van der Waals surface area contributed by atoms with Gasteiger partial charge in [-0.05, 0) is 42.3 Å². The number of benzene rings is 2. The number of hydrogen-bond acceptors (Lipinski definition) is 2. The van der Waals surface area contributed by atoms with Crippen molar-refractivity contribution in [3.8, 4) is 16.9 Å². The minimum absolute atomic E-state index is 0.114. The summed E-state index contributed by atoms with van der Waals surface area (Å²) in [5, 5.41) is 0. The topological polar surface area (TPSA) is 47.0 Å². The quantitative estimate of drug-likeness (QED) is 0.775. The largest absolute Gasteiger partial charge is 0.496 e. The molecule has 0 amide bonds. The maximum Gasteiger partial charge on any atom is 0.326 e. The van der Waals surface area contributed by atoms with Gasteiger partial charge in [-0.25, -0.2) is 9.18 Å². The number of rotatable bonds is 5. The van der Waals surface area contributed by atoms with Gasteiger partial charge in [-0.3, -0.25) is 4.57 Å². The predicted molar refractivity (Wildman–Crippen MR) is 89.4 cm³/mol. The second-order valence-corrected chi connectivity index (χ2v) is 5.51. The van der Waals surface area contributed by atoms with E-state index in [1.807, 2.05) is 18.2 Å². The number of nitrogens with one attached hydrogen (secondary N) is 1. The molecule has 0 fully saturated rings. The molecular formula is C18H19FN2O2. The lowest BCUT2D eigenvalue weighted by Gasteiger charge is -2.09. The fraction of sp³-hybridized carbons (Fsp3) is 0.278. The van der Waals surface area contributed by atoms with E-state index in [2.05, 4.69) is 11.9 Å². The summed E-state index contributed by atoms with van der Waals surface area (Å²) in [4.78, 5) is 15.0. The number of aromatic nitrogens is 2. The van der Waals surface area contributed by atoms with Crippen molar-refractivity contribution in [3.05, 3.63) is 52.7 Å². The Morgan fingerprint density at radius 3 is 2.78 bits per heavy atom. The SMILES string of the molecule is CCCCn1c(=O)[nH]c2cc(-c3cc(F)ccc3OC)ccc21. The second kappa shape index (κ2) is 6.28. The predicted octanol–water partition coefficient (Wildman–Crippen LogP) is 3.94. The fourth-order valence-electron chi connectivity index (χ4n) is 2.78. The highest BCUT2D eigenvalue weighted by atomic mass is 19.1. The molecule has 4 nitrogen and oxygen atoms in total. The Kier molecular flexibility index (Phi) is 4.19. The Bertz CT molecular complexity index is 896. The average Bonchev–Trinajstić information content (AvgIpc) is 2.87. The Morgan fingerprint density at radius 2 is 2.04 bits per heavy atom. The van der Waals surface area contributed by atoms with Crippen LogP contribution in [0.4, 0.5) is 4.39 Å². The molecule has 3 aromatic rings. The number of imidazole rings is 1. The van der Waals surface area contributed by atoms with E-state index in [0.717, 1.165) is 29.4 Å². The minimum atomic E-state index is -0.324. The number of aryl methyl sites for hydroxylation is 1. The first-order valence-corrected chi connectivity index (χ1v) is 7.70. The lowest BCUT2D eigenvalue weighted by atomic mass is 10.0. The van der Waals surface area contributed by atoms with Gasteiger partial charge in [0.2, 0.25) is 0 Å². The molecule has 1 heterocycles. The van der Waals surface area contributed by atoms with Crippen molar-refractivity contribution in [2.45, 2.75) is 26.3 Å². The van der Waals surface area contributed by atoms with Crippen molar-refractivity contribution in [1.29, 1.82) is 0 Å². The van der Waals surface area contributed by atoms with Gasteiger partial charge in [0.25, 0.3) is 0 Å². The molecule has 0 atom stereocenters. The molecule has 0 saturated heterocycles. The number of nitrogens with zero attached hydrogens (tertiary/aromatic N) is 1. The zero-order valence-corrected chi connectivity index (χ0v) is 13.2. The Labute approximate surface area is 133 Å². The van der Waals surface area contributed by atoms with E-state index < -0.39 is 0 Å². The molecule has 0 aliphatic carbocycles. The normalized spacial score (nSPS) is 11.1. The van der Waals surface area contributed by atoms with Crippen molar-refractivity contribution >= 4 is 11.0 Å². The van der Waals surface area contributed by atoms with Gasteiger partial charge < -0.3 is 9.72 Å². The molecular weight excluding hydrogens is 295 g/mol. The van der Waals surface area contributed by atoms with Crippen LogP contribution in [0.1, 0.15) is 19.8 Å². The van der Waals surface area contributed by atoms with Gasteiger partial charge in [-0.15, -0.1) is 0 Å². The minimum Gasteiger partial charge on any atom is -0.496 e. The second-order valence-electron chi connectivity index (χ2n) is 5.51. The summed E-state index contributed by atoms with van der Waals surface area (Å²) in [7, 11) is 1.55. The number of hydrogen-bond donors (Lipinski definition) is 1. The fourth-order valence-corrected chi connectivity index (χ4v) is 2.78. The van der Waals surface area contributed by atoms with E-state index in [4.69, 9.17) is 4.74 Å². The number of aromatic amines is 1. The third kappa shape index (κ3) is 2.86. The molecule has 1 aromatic heterocycles. The van der Waals surface area contributed by atoms with Crippen LogP contribution in [0.3, 0.4) is 0 Å². The molecule has 0 bridgehead atoms. The van der Waals surface area contributed by atoms with Crippen LogP contribution in [0, 0.1) is 5.82 Å². The molecule has 1 N–H and O–H groups in total. The van der Waals surface area contributed by atoms with Gasteiger partial charge in [0.15, 0.2) is 0 Å². The highest BCUT2D eigenvalue weighted by Crippen LogP contribution is 2.32. The van der Waals surface area contributed by atoms with Crippen LogP contribution >= 0.6 is 0 Å². The van der Waals surface area contributed by atoms with E-state index in [-0.39, 0.29) is 11.5 Å². The number of methoxy groups -OCH3 is 1. The van der Waals surface area contributed by atoms with Crippen molar-refractivity contribution in [2.75, 3.05) is 7.11 Å². The van der Waals surface area contributed by atoms with Gasteiger partial charge >= 0.3 is 5.69 Å². The molecule has 5 heteroatoms. The van der Waals surface area contributed by atoms with Crippen molar-refractivity contribution in [3.63, 3.8) is 0 Å². The zero-order chi connectivity index (χ0) is 16.4. The van der Waals surface area contributed by atoms with Crippen LogP contribution < -0.4 is 10.4 Å². The first kappa shape index (κ1) is 15.3. The van der Waals surface area contributed by atoms with Crippen molar-refractivity contribution in [1.82, 2.24) is 9.55 Å². The third-order valence-electron chi connectivity index (χ3n) is 3.98. The summed E-state index contributed by atoms with van der Waals surface area (Å²) in [6.45, 7) is 2.78. The lowest BCUT2D eigenvalue weighted by molar-refractivity contribution is 0.415. The van der Waals surface area contributed by atoms with Gasteiger partial charge in [-0.2, -0.15) is 0 Å². The smallest absolute Gasteiger partial charge is 0.326 e. The average molecular weight is 314 g/mol. The Hall–Kier alpha value is -2.56. The molecule has 0 aliphatic heterocycles. The maximum atomic E-state index is 13.6. The molecule has 23 heavy (non-hydrogen) atoms. The van der Waals surface area contributed by atoms with Gasteiger partial charge in [0.1, 0.15) is 11.6 Å². The molecule has 0 spiro atoms. The molecule has 2 aromatic carbocycles. The van der Waals surface area contributed by atoms with Gasteiger partial charge in [0.05, 0.1) is 18.1 Å². The Balaban J connectivity index is 2.11.